The van der Waals surface area contributed by atoms with Crippen LogP contribution in [0.15, 0.2) is 42.5 Å². The molecule has 4 nitrogen and oxygen atoms in total. The molecule has 1 heterocycles. The Balaban J connectivity index is 1.72. The summed E-state index contributed by atoms with van der Waals surface area (Å²) in [6.07, 6.45) is 3.37. The second-order valence-electron chi connectivity index (χ2n) is 6.43. The number of rotatable bonds is 5. The number of sulfonamides is 1. The summed E-state index contributed by atoms with van der Waals surface area (Å²) in [7, 11) is -3.35. The van der Waals surface area contributed by atoms with Crippen LogP contribution in [0.1, 0.15) is 30.0 Å². The van der Waals surface area contributed by atoms with Gasteiger partial charge in [0, 0.05) is 18.2 Å². The fourth-order valence-corrected chi connectivity index (χ4v) is 3.88. The lowest BCUT2D eigenvalue weighted by Gasteiger charge is -2.17. The summed E-state index contributed by atoms with van der Waals surface area (Å²) in [6, 6.07) is 10.8. The van der Waals surface area contributed by atoms with Gasteiger partial charge in [-0.1, -0.05) is 18.2 Å². The molecule has 0 spiro atoms. The SMILES string of the molecule is CS(=O)(=O)Nc1ccccc1CC1CCC(c2cc(F)cc(F)c2)N1. The van der Waals surface area contributed by atoms with E-state index >= 15 is 0 Å². The van der Waals surface area contributed by atoms with Gasteiger partial charge in [0.05, 0.1) is 11.9 Å². The fraction of sp³-hybridized carbons (Fsp3) is 0.333. The zero-order chi connectivity index (χ0) is 18.0. The van der Waals surface area contributed by atoms with Crippen molar-refractivity contribution >= 4 is 15.7 Å². The summed E-state index contributed by atoms with van der Waals surface area (Å²) in [5.41, 5.74) is 2.05. The first-order chi connectivity index (χ1) is 11.8. The van der Waals surface area contributed by atoms with E-state index in [4.69, 9.17) is 0 Å². The van der Waals surface area contributed by atoms with Gasteiger partial charge in [0.15, 0.2) is 0 Å². The number of nitrogens with one attached hydrogen (secondary N) is 2. The van der Waals surface area contributed by atoms with Crippen LogP contribution in [0, 0.1) is 11.6 Å². The molecule has 7 heteroatoms. The van der Waals surface area contributed by atoms with E-state index in [1.165, 1.54) is 12.1 Å². The molecule has 25 heavy (non-hydrogen) atoms. The Labute approximate surface area is 146 Å². The van der Waals surface area contributed by atoms with E-state index in [1.54, 1.807) is 12.1 Å². The van der Waals surface area contributed by atoms with Gasteiger partial charge < -0.3 is 5.32 Å². The van der Waals surface area contributed by atoms with Gasteiger partial charge in [-0.05, 0) is 48.6 Å². The third-order valence-corrected chi connectivity index (χ3v) is 4.90. The molecule has 1 aliphatic rings. The Kier molecular flexibility index (Phi) is 5.06. The fourth-order valence-electron chi connectivity index (χ4n) is 3.28. The van der Waals surface area contributed by atoms with Crippen LogP contribution in [0.25, 0.3) is 0 Å². The quantitative estimate of drug-likeness (QED) is 0.853. The molecule has 0 radical (unpaired) electrons. The molecule has 0 bridgehead atoms. The van der Waals surface area contributed by atoms with Gasteiger partial charge in [0.2, 0.25) is 10.0 Å². The van der Waals surface area contributed by atoms with Gasteiger partial charge in [0.1, 0.15) is 11.6 Å². The molecule has 1 aliphatic heterocycles. The maximum atomic E-state index is 13.4. The number of benzene rings is 2. The zero-order valence-corrected chi connectivity index (χ0v) is 14.6. The predicted octanol–water partition coefficient (Wildman–Crippen LogP) is 3.37. The summed E-state index contributed by atoms with van der Waals surface area (Å²) in [5.74, 6) is -1.16. The highest BCUT2D eigenvalue weighted by Crippen LogP contribution is 2.30. The van der Waals surface area contributed by atoms with Crippen LogP contribution in [-0.2, 0) is 16.4 Å². The molecule has 3 rings (SSSR count). The Morgan fingerprint density at radius 3 is 2.48 bits per heavy atom. The van der Waals surface area contributed by atoms with Crippen LogP contribution >= 0.6 is 0 Å². The van der Waals surface area contributed by atoms with Crippen molar-refractivity contribution in [2.24, 2.45) is 0 Å². The third-order valence-electron chi connectivity index (χ3n) is 4.31. The van der Waals surface area contributed by atoms with Crippen molar-refractivity contribution in [3.8, 4) is 0 Å². The lowest BCUT2D eigenvalue weighted by molar-refractivity contribution is 0.536. The van der Waals surface area contributed by atoms with E-state index in [0.29, 0.717) is 17.7 Å². The minimum absolute atomic E-state index is 0.106. The summed E-state index contributed by atoms with van der Waals surface area (Å²) < 4.78 is 52.3. The summed E-state index contributed by atoms with van der Waals surface area (Å²) in [5, 5.41) is 3.39. The summed E-state index contributed by atoms with van der Waals surface area (Å²) >= 11 is 0. The van der Waals surface area contributed by atoms with E-state index in [-0.39, 0.29) is 12.1 Å². The average Bonchev–Trinajstić information content (AvgIpc) is 2.95. The molecule has 1 saturated heterocycles. The molecular formula is C18H20F2N2O2S. The molecule has 0 amide bonds. The Morgan fingerprint density at radius 1 is 1.12 bits per heavy atom. The van der Waals surface area contributed by atoms with Crippen LogP contribution in [0.5, 0.6) is 0 Å². The van der Waals surface area contributed by atoms with Crippen LogP contribution < -0.4 is 10.0 Å². The number of halogens is 2. The van der Waals surface area contributed by atoms with Gasteiger partial charge in [0.25, 0.3) is 0 Å². The normalized spacial score (nSPS) is 20.6. The first kappa shape index (κ1) is 17.8. The molecule has 0 aliphatic carbocycles. The van der Waals surface area contributed by atoms with Crippen molar-refractivity contribution < 1.29 is 17.2 Å². The van der Waals surface area contributed by atoms with Crippen molar-refractivity contribution in [2.45, 2.75) is 31.3 Å². The first-order valence-corrected chi connectivity index (χ1v) is 9.97. The molecule has 2 unspecified atom stereocenters. The van der Waals surface area contributed by atoms with Crippen molar-refractivity contribution in [3.63, 3.8) is 0 Å². The maximum absolute atomic E-state index is 13.4. The Morgan fingerprint density at radius 2 is 1.80 bits per heavy atom. The lowest BCUT2D eigenvalue weighted by atomic mass is 10.0. The van der Waals surface area contributed by atoms with Crippen molar-refractivity contribution in [1.29, 1.82) is 0 Å². The standard InChI is InChI=1S/C18H20F2N2O2S/c1-25(23,24)22-18-5-3-2-4-12(18)10-16-6-7-17(21-16)13-8-14(19)11-15(20)9-13/h2-5,8-9,11,16-17,21-22H,6-7,10H2,1H3. The van der Waals surface area contributed by atoms with E-state index in [9.17, 15) is 17.2 Å². The highest BCUT2D eigenvalue weighted by atomic mass is 32.2. The Bertz CT molecular complexity index is 851. The first-order valence-electron chi connectivity index (χ1n) is 8.08. The third kappa shape index (κ3) is 4.76. The topological polar surface area (TPSA) is 58.2 Å². The monoisotopic (exact) mass is 366 g/mol. The molecule has 2 aromatic rings. The van der Waals surface area contributed by atoms with Crippen molar-refractivity contribution in [2.75, 3.05) is 11.0 Å². The summed E-state index contributed by atoms with van der Waals surface area (Å²) in [6.45, 7) is 0. The molecule has 2 aromatic carbocycles. The minimum atomic E-state index is -3.35. The Hall–Kier alpha value is -1.99. The molecule has 0 aromatic heterocycles. The number of hydrogen-bond acceptors (Lipinski definition) is 3. The van der Waals surface area contributed by atoms with Gasteiger partial charge >= 0.3 is 0 Å². The van der Waals surface area contributed by atoms with E-state index in [0.717, 1.165) is 30.7 Å². The molecule has 2 N–H and O–H groups in total. The predicted molar refractivity (Wildman–Crippen MR) is 93.9 cm³/mol. The highest BCUT2D eigenvalue weighted by molar-refractivity contribution is 7.92. The number of para-hydroxylation sites is 1. The van der Waals surface area contributed by atoms with Gasteiger partial charge in [-0.3, -0.25) is 4.72 Å². The largest absolute Gasteiger partial charge is 0.307 e. The number of anilines is 1. The smallest absolute Gasteiger partial charge is 0.229 e. The van der Waals surface area contributed by atoms with Crippen molar-refractivity contribution in [1.82, 2.24) is 5.32 Å². The van der Waals surface area contributed by atoms with Gasteiger partial charge in [-0.15, -0.1) is 0 Å². The average molecular weight is 366 g/mol. The minimum Gasteiger partial charge on any atom is -0.307 e. The number of hydrogen-bond donors (Lipinski definition) is 2. The van der Waals surface area contributed by atoms with Crippen LogP contribution in [0.3, 0.4) is 0 Å². The molecule has 0 saturated carbocycles. The molecular weight excluding hydrogens is 346 g/mol. The van der Waals surface area contributed by atoms with E-state index < -0.39 is 21.7 Å². The summed E-state index contributed by atoms with van der Waals surface area (Å²) in [4.78, 5) is 0. The van der Waals surface area contributed by atoms with Crippen LogP contribution in [0.4, 0.5) is 14.5 Å². The maximum Gasteiger partial charge on any atom is 0.229 e. The second-order valence-corrected chi connectivity index (χ2v) is 8.18. The second kappa shape index (κ2) is 7.09. The van der Waals surface area contributed by atoms with Crippen LogP contribution in [-0.4, -0.2) is 20.7 Å². The van der Waals surface area contributed by atoms with Crippen LogP contribution in [0.2, 0.25) is 0 Å². The highest BCUT2D eigenvalue weighted by Gasteiger charge is 2.26. The van der Waals surface area contributed by atoms with Gasteiger partial charge in [-0.2, -0.15) is 0 Å². The van der Waals surface area contributed by atoms with Gasteiger partial charge in [-0.25, -0.2) is 17.2 Å². The molecule has 134 valence electrons. The zero-order valence-electron chi connectivity index (χ0n) is 13.8. The van der Waals surface area contributed by atoms with Crippen molar-refractivity contribution in [3.05, 3.63) is 65.2 Å². The lowest BCUT2D eigenvalue weighted by Crippen LogP contribution is -2.27. The molecule has 1 fully saturated rings. The van der Waals surface area contributed by atoms with E-state index in [1.807, 2.05) is 12.1 Å². The van der Waals surface area contributed by atoms with E-state index in [2.05, 4.69) is 10.0 Å². The molecule has 2 atom stereocenters.